The van der Waals surface area contributed by atoms with Crippen molar-refractivity contribution in [3.63, 3.8) is 0 Å². The molecule has 0 amide bonds. The lowest BCUT2D eigenvalue weighted by Crippen LogP contribution is -2.49. The predicted molar refractivity (Wildman–Crippen MR) is 65.4 cm³/mol. The van der Waals surface area contributed by atoms with Gasteiger partial charge in [0.15, 0.2) is 0 Å². The van der Waals surface area contributed by atoms with Crippen molar-refractivity contribution in [1.82, 2.24) is 4.90 Å². The first-order valence-electron chi connectivity index (χ1n) is 7.23. The summed E-state index contributed by atoms with van der Waals surface area (Å²) < 4.78 is 0. The highest BCUT2D eigenvalue weighted by Crippen LogP contribution is 2.39. The third kappa shape index (κ3) is 2.02. The molecule has 1 saturated heterocycles. The number of hydrogen-bond acceptors (Lipinski definition) is 2. The third-order valence-corrected chi connectivity index (χ3v) is 5.14. The smallest absolute Gasteiger partial charge is 0.0774 e. The SMILES string of the molecule is OC1(CN2CCCC3CCCC32)CCCC1. The largest absolute Gasteiger partial charge is 0.389 e. The summed E-state index contributed by atoms with van der Waals surface area (Å²) in [6.07, 6.45) is 11.6. The van der Waals surface area contributed by atoms with Crippen molar-refractivity contribution in [1.29, 1.82) is 0 Å². The van der Waals surface area contributed by atoms with E-state index in [1.54, 1.807) is 0 Å². The Morgan fingerprint density at radius 1 is 1.00 bits per heavy atom. The van der Waals surface area contributed by atoms with E-state index in [-0.39, 0.29) is 5.60 Å². The molecule has 2 saturated carbocycles. The molecule has 2 unspecified atom stereocenters. The molecular formula is C14H25NO. The quantitative estimate of drug-likeness (QED) is 0.777. The summed E-state index contributed by atoms with van der Waals surface area (Å²) in [5, 5.41) is 10.5. The molecular weight excluding hydrogens is 198 g/mol. The van der Waals surface area contributed by atoms with Crippen LogP contribution in [0.25, 0.3) is 0 Å². The Morgan fingerprint density at radius 3 is 2.56 bits per heavy atom. The van der Waals surface area contributed by atoms with Gasteiger partial charge in [0.05, 0.1) is 5.60 Å². The molecule has 92 valence electrons. The van der Waals surface area contributed by atoms with Crippen LogP contribution >= 0.6 is 0 Å². The predicted octanol–water partition coefficient (Wildman–Crippen LogP) is 2.56. The molecule has 2 nitrogen and oxygen atoms in total. The highest BCUT2D eigenvalue weighted by atomic mass is 16.3. The van der Waals surface area contributed by atoms with Crippen molar-refractivity contribution in [3.05, 3.63) is 0 Å². The van der Waals surface area contributed by atoms with Crippen LogP contribution in [0, 0.1) is 5.92 Å². The van der Waals surface area contributed by atoms with Gasteiger partial charge in [-0.15, -0.1) is 0 Å². The minimum atomic E-state index is -0.329. The molecule has 1 N–H and O–H groups in total. The number of fused-ring (bicyclic) bond motifs is 1. The number of β-amino-alcohol motifs (C(OH)–C–C–N with tert-alkyl or cyclic N) is 1. The van der Waals surface area contributed by atoms with Gasteiger partial charge in [0.2, 0.25) is 0 Å². The molecule has 3 aliphatic rings. The average molecular weight is 223 g/mol. The van der Waals surface area contributed by atoms with Crippen molar-refractivity contribution in [2.75, 3.05) is 13.1 Å². The zero-order valence-electron chi connectivity index (χ0n) is 10.3. The van der Waals surface area contributed by atoms with Crippen LogP contribution in [-0.2, 0) is 0 Å². The Bertz CT molecular complexity index is 247. The summed E-state index contributed by atoms with van der Waals surface area (Å²) in [4.78, 5) is 2.63. The molecule has 0 aromatic carbocycles. The molecule has 16 heavy (non-hydrogen) atoms. The van der Waals surface area contributed by atoms with E-state index in [9.17, 15) is 5.11 Å². The lowest BCUT2D eigenvalue weighted by atomic mass is 9.90. The monoisotopic (exact) mass is 223 g/mol. The van der Waals surface area contributed by atoms with E-state index in [2.05, 4.69) is 4.90 Å². The summed E-state index contributed by atoms with van der Waals surface area (Å²) in [5.74, 6) is 0.957. The van der Waals surface area contributed by atoms with Gasteiger partial charge in [-0.3, -0.25) is 4.90 Å². The summed E-state index contributed by atoms with van der Waals surface area (Å²) in [6.45, 7) is 2.21. The second kappa shape index (κ2) is 4.30. The number of piperidine rings is 1. The van der Waals surface area contributed by atoms with Crippen molar-refractivity contribution >= 4 is 0 Å². The number of hydrogen-bond donors (Lipinski definition) is 1. The molecule has 0 aromatic heterocycles. The molecule has 0 aromatic rings. The minimum absolute atomic E-state index is 0.329. The standard InChI is InChI=1S/C14H25NO/c16-14(8-1-2-9-14)11-15-10-4-6-12-5-3-7-13(12)15/h12-13,16H,1-11H2. The highest BCUT2D eigenvalue weighted by molar-refractivity contribution is 4.94. The molecule has 3 fully saturated rings. The van der Waals surface area contributed by atoms with Crippen LogP contribution in [-0.4, -0.2) is 34.7 Å². The van der Waals surface area contributed by atoms with Crippen LogP contribution < -0.4 is 0 Å². The highest BCUT2D eigenvalue weighted by Gasteiger charge is 2.40. The van der Waals surface area contributed by atoms with Crippen molar-refractivity contribution in [2.24, 2.45) is 5.92 Å². The van der Waals surface area contributed by atoms with Gasteiger partial charge in [0, 0.05) is 12.6 Å². The minimum Gasteiger partial charge on any atom is -0.389 e. The van der Waals surface area contributed by atoms with Crippen molar-refractivity contribution in [2.45, 2.75) is 69.4 Å². The Balaban J connectivity index is 1.64. The maximum Gasteiger partial charge on any atom is 0.0774 e. The van der Waals surface area contributed by atoms with Gasteiger partial charge in [-0.2, -0.15) is 0 Å². The average Bonchev–Trinajstić information content (AvgIpc) is 2.87. The van der Waals surface area contributed by atoms with Gasteiger partial charge < -0.3 is 5.11 Å². The first kappa shape index (κ1) is 11.0. The normalized spacial score (nSPS) is 38.8. The van der Waals surface area contributed by atoms with E-state index in [4.69, 9.17) is 0 Å². The van der Waals surface area contributed by atoms with Gasteiger partial charge in [-0.05, 0) is 51.0 Å². The summed E-state index contributed by atoms with van der Waals surface area (Å²) in [7, 11) is 0. The number of rotatable bonds is 2. The van der Waals surface area contributed by atoms with Crippen molar-refractivity contribution < 1.29 is 5.11 Å². The zero-order chi connectivity index (χ0) is 11.0. The van der Waals surface area contributed by atoms with E-state index in [1.165, 1.54) is 51.5 Å². The first-order valence-corrected chi connectivity index (χ1v) is 7.23. The van der Waals surface area contributed by atoms with E-state index in [1.807, 2.05) is 0 Å². The van der Waals surface area contributed by atoms with Crippen LogP contribution in [0.4, 0.5) is 0 Å². The van der Waals surface area contributed by atoms with Gasteiger partial charge in [-0.1, -0.05) is 19.3 Å². The molecule has 2 heteroatoms. The van der Waals surface area contributed by atoms with Crippen LogP contribution in [0.15, 0.2) is 0 Å². The van der Waals surface area contributed by atoms with Crippen molar-refractivity contribution in [3.8, 4) is 0 Å². The maximum absolute atomic E-state index is 10.5. The summed E-state index contributed by atoms with van der Waals surface area (Å²) >= 11 is 0. The van der Waals surface area contributed by atoms with Crippen LogP contribution in [0.3, 0.4) is 0 Å². The molecule has 1 heterocycles. The van der Waals surface area contributed by atoms with Crippen LogP contribution in [0.1, 0.15) is 57.8 Å². The maximum atomic E-state index is 10.5. The van der Waals surface area contributed by atoms with Gasteiger partial charge in [0.1, 0.15) is 0 Å². The van der Waals surface area contributed by atoms with E-state index >= 15 is 0 Å². The number of aliphatic hydroxyl groups is 1. The van der Waals surface area contributed by atoms with E-state index in [0.717, 1.165) is 31.3 Å². The zero-order valence-corrected chi connectivity index (χ0v) is 10.3. The molecule has 2 aliphatic carbocycles. The summed E-state index contributed by atoms with van der Waals surface area (Å²) in [6, 6.07) is 0.818. The number of nitrogens with zero attached hydrogens (tertiary/aromatic N) is 1. The fourth-order valence-corrected chi connectivity index (χ4v) is 4.32. The van der Waals surface area contributed by atoms with Crippen LogP contribution in [0.5, 0.6) is 0 Å². The Hall–Kier alpha value is -0.0800. The fraction of sp³-hybridized carbons (Fsp3) is 1.00. The van der Waals surface area contributed by atoms with Gasteiger partial charge in [-0.25, -0.2) is 0 Å². The second-order valence-corrected chi connectivity index (χ2v) is 6.30. The molecule has 0 radical (unpaired) electrons. The van der Waals surface area contributed by atoms with E-state index < -0.39 is 0 Å². The topological polar surface area (TPSA) is 23.5 Å². The third-order valence-electron chi connectivity index (χ3n) is 5.14. The Kier molecular flexibility index (Phi) is 2.97. The fourth-order valence-electron chi connectivity index (χ4n) is 4.32. The second-order valence-electron chi connectivity index (χ2n) is 6.30. The lowest BCUT2D eigenvalue weighted by Gasteiger charge is -2.41. The molecule has 2 atom stereocenters. The molecule has 0 spiro atoms. The molecule has 1 aliphatic heterocycles. The van der Waals surface area contributed by atoms with E-state index in [0.29, 0.717) is 0 Å². The Morgan fingerprint density at radius 2 is 1.75 bits per heavy atom. The van der Waals surface area contributed by atoms with Crippen LogP contribution in [0.2, 0.25) is 0 Å². The molecule has 3 rings (SSSR count). The summed E-state index contributed by atoms with van der Waals surface area (Å²) in [5.41, 5.74) is -0.329. The molecule has 0 bridgehead atoms. The van der Waals surface area contributed by atoms with Gasteiger partial charge >= 0.3 is 0 Å². The lowest BCUT2D eigenvalue weighted by molar-refractivity contribution is -0.0192. The number of likely N-dealkylation sites (tertiary alicyclic amines) is 1. The van der Waals surface area contributed by atoms with Gasteiger partial charge in [0.25, 0.3) is 0 Å². The Labute approximate surface area is 99.0 Å². The first-order chi connectivity index (χ1) is 7.77.